The summed E-state index contributed by atoms with van der Waals surface area (Å²) in [6.45, 7) is 4.00. The van der Waals surface area contributed by atoms with E-state index >= 15 is 0 Å². The fourth-order valence-electron chi connectivity index (χ4n) is 2.52. The highest BCUT2D eigenvalue weighted by Gasteiger charge is 2.21. The summed E-state index contributed by atoms with van der Waals surface area (Å²) in [6.07, 6.45) is 1.61. The molecule has 0 aromatic heterocycles. The van der Waals surface area contributed by atoms with Crippen LogP contribution in [0.1, 0.15) is 31.4 Å². The molecule has 5 heteroatoms. The van der Waals surface area contributed by atoms with Crippen LogP contribution in [0.3, 0.4) is 0 Å². The van der Waals surface area contributed by atoms with Gasteiger partial charge in [0, 0.05) is 13.1 Å². The van der Waals surface area contributed by atoms with Crippen LogP contribution in [0, 0.1) is 0 Å². The fourth-order valence-corrected chi connectivity index (χ4v) is 2.83. The molecule has 0 aliphatic carbocycles. The molecule has 0 unspecified atom stereocenters. The molecule has 20 heavy (non-hydrogen) atoms. The van der Waals surface area contributed by atoms with Gasteiger partial charge in [-0.1, -0.05) is 17.7 Å². The van der Waals surface area contributed by atoms with Gasteiger partial charge in [0.2, 0.25) is 0 Å². The second-order valence-electron chi connectivity index (χ2n) is 5.17. The maximum absolute atomic E-state index is 9.56. The zero-order valence-electron chi connectivity index (χ0n) is 11.8. The van der Waals surface area contributed by atoms with Gasteiger partial charge in [0.1, 0.15) is 0 Å². The van der Waals surface area contributed by atoms with Gasteiger partial charge in [0.05, 0.1) is 36.1 Å². The van der Waals surface area contributed by atoms with E-state index in [1.165, 1.54) is 0 Å². The Kier molecular flexibility index (Phi) is 5.66. The first kappa shape index (κ1) is 15.6. The SMILES string of the molecule is C[C@H](O)c1ccc(N2CCC(OCCO)CC2)c(Cl)c1. The minimum absolute atomic E-state index is 0.0762. The normalized spacial score (nSPS) is 18.3. The summed E-state index contributed by atoms with van der Waals surface area (Å²) >= 11 is 6.31. The van der Waals surface area contributed by atoms with Crippen molar-refractivity contribution in [3.8, 4) is 0 Å². The van der Waals surface area contributed by atoms with Crippen molar-refractivity contribution in [3.63, 3.8) is 0 Å². The predicted molar refractivity (Wildman–Crippen MR) is 80.4 cm³/mol. The average Bonchev–Trinajstić information content (AvgIpc) is 2.45. The van der Waals surface area contributed by atoms with Crippen LogP contribution >= 0.6 is 11.6 Å². The number of piperidine rings is 1. The number of nitrogens with zero attached hydrogens (tertiary/aromatic N) is 1. The van der Waals surface area contributed by atoms with Crippen molar-refractivity contribution in [2.24, 2.45) is 0 Å². The van der Waals surface area contributed by atoms with Gasteiger partial charge in [-0.2, -0.15) is 0 Å². The van der Waals surface area contributed by atoms with Crippen molar-refractivity contribution >= 4 is 17.3 Å². The molecule has 0 bridgehead atoms. The van der Waals surface area contributed by atoms with E-state index in [-0.39, 0.29) is 12.7 Å². The largest absolute Gasteiger partial charge is 0.394 e. The van der Waals surface area contributed by atoms with E-state index in [9.17, 15) is 5.11 Å². The molecule has 0 radical (unpaired) electrons. The summed E-state index contributed by atoms with van der Waals surface area (Å²) in [4.78, 5) is 2.24. The summed E-state index contributed by atoms with van der Waals surface area (Å²) in [5.41, 5.74) is 1.84. The van der Waals surface area contributed by atoms with E-state index in [0.29, 0.717) is 11.6 Å². The van der Waals surface area contributed by atoms with Crippen LogP contribution in [-0.2, 0) is 4.74 Å². The Morgan fingerprint density at radius 2 is 2.10 bits per heavy atom. The van der Waals surface area contributed by atoms with E-state index in [1.807, 2.05) is 18.2 Å². The molecule has 2 N–H and O–H groups in total. The number of hydrogen-bond acceptors (Lipinski definition) is 4. The topological polar surface area (TPSA) is 52.9 Å². The number of aliphatic hydroxyl groups excluding tert-OH is 2. The smallest absolute Gasteiger partial charge is 0.0762 e. The van der Waals surface area contributed by atoms with Gasteiger partial charge in [-0.3, -0.25) is 0 Å². The van der Waals surface area contributed by atoms with Gasteiger partial charge in [0.25, 0.3) is 0 Å². The van der Waals surface area contributed by atoms with Gasteiger partial charge in [-0.05, 0) is 37.5 Å². The molecule has 1 aromatic carbocycles. The minimum atomic E-state index is -0.501. The van der Waals surface area contributed by atoms with E-state index in [2.05, 4.69) is 4.90 Å². The molecule has 1 aliphatic heterocycles. The van der Waals surface area contributed by atoms with Crippen molar-refractivity contribution in [1.29, 1.82) is 0 Å². The van der Waals surface area contributed by atoms with Gasteiger partial charge in [-0.15, -0.1) is 0 Å². The zero-order valence-corrected chi connectivity index (χ0v) is 12.5. The molecule has 0 spiro atoms. The van der Waals surface area contributed by atoms with Crippen LogP contribution < -0.4 is 4.90 Å². The Bertz CT molecular complexity index is 431. The highest BCUT2D eigenvalue weighted by atomic mass is 35.5. The van der Waals surface area contributed by atoms with Crippen molar-refractivity contribution in [2.45, 2.75) is 32.0 Å². The monoisotopic (exact) mass is 299 g/mol. The molecule has 112 valence electrons. The molecule has 4 nitrogen and oxygen atoms in total. The fraction of sp³-hybridized carbons (Fsp3) is 0.600. The van der Waals surface area contributed by atoms with E-state index in [0.717, 1.165) is 37.2 Å². The lowest BCUT2D eigenvalue weighted by molar-refractivity contribution is 0.0159. The molecular weight excluding hydrogens is 278 g/mol. The van der Waals surface area contributed by atoms with Crippen LogP contribution in [0.5, 0.6) is 0 Å². The molecule has 1 saturated heterocycles. The lowest BCUT2D eigenvalue weighted by Crippen LogP contribution is -2.37. The molecule has 1 fully saturated rings. The minimum Gasteiger partial charge on any atom is -0.394 e. The second-order valence-corrected chi connectivity index (χ2v) is 5.57. The highest BCUT2D eigenvalue weighted by Crippen LogP contribution is 2.31. The number of halogens is 1. The maximum Gasteiger partial charge on any atom is 0.0762 e. The lowest BCUT2D eigenvalue weighted by atomic mass is 10.1. The summed E-state index contributed by atoms with van der Waals surface area (Å²) in [5, 5.41) is 19.0. The van der Waals surface area contributed by atoms with Gasteiger partial charge < -0.3 is 19.8 Å². The van der Waals surface area contributed by atoms with E-state index in [1.54, 1.807) is 6.92 Å². The molecule has 0 amide bonds. The first-order valence-corrected chi connectivity index (χ1v) is 7.44. The molecule has 1 aliphatic rings. The molecular formula is C15H22ClNO3. The third-order valence-electron chi connectivity index (χ3n) is 3.68. The molecule has 1 atom stereocenters. The van der Waals surface area contributed by atoms with Crippen LogP contribution in [0.25, 0.3) is 0 Å². The third kappa shape index (κ3) is 3.85. The van der Waals surface area contributed by atoms with Gasteiger partial charge in [0.15, 0.2) is 0 Å². The molecule has 1 heterocycles. The standard InChI is InChI=1S/C15H22ClNO3/c1-11(19)12-2-3-15(14(16)10-12)17-6-4-13(5-7-17)20-9-8-18/h2-3,10-11,13,18-19H,4-9H2,1H3/t11-/m0/s1. The quantitative estimate of drug-likeness (QED) is 0.876. The average molecular weight is 300 g/mol. The van der Waals surface area contributed by atoms with Crippen LogP contribution in [0.15, 0.2) is 18.2 Å². The van der Waals surface area contributed by atoms with E-state index in [4.69, 9.17) is 21.4 Å². The summed E-state index contributed by atoms with van der Waals surface area (Å²) in [6, 6.07) is 5.72. The third-order valence-corrected chi connectivity index (χ3v) is 3.98. The van der Waals surface area contributed by atoms with Crippen molar-refractivity contribution in [1.82, 2.24) is 0 Å². The van der Waals surface area contributed by atoms with Crippen molar-refractivity contribution in [3.05, 3.63) is 28.8 Å². The van der Waals surface area contributed by atoms with Gasteiger partial charge >= 0.3 is 0 Å². The van der Waals surface area contributed by atoms with E-state index < -0.39 is 6.10 Å². The molecule has 0 saturated carbocycles. The second kappa shape index (κ2) is 7.27. The predicted octanol–water partition coefficient (Wildman–Crippen LogP) is 2.37. The highest BCUT2D eigenvalue weighted by molar-refractivity contribution is 6.33. The Morgan fingerprint density at radius 3 is 2.65 bits per heavy atom. The van der Waals surface area contributed by atoms with Crippen LogP contribution in [0.4, 0.5) is 5.69 Å². The number of anilines is 1. The maximum atomic E-state index is 9.56. The Balaban J connectivity index is 1.96. The lowest BCUT2D eigenvalue weighted by Gasteiger charge is -2.34. The first-order chi connectivity index (χ1) is 9.61. The Labute approximate surface area is 124 Å². The number of benzene rings is 1. The van der Waals surface area contributed by atoms with Crippen molar-refractivity contribution in [2.75, 3.05) is 31.2 Å². The Hall–Kier alpha value is -0.810. The van der Waals surface area contributed by atoms with Gasteiger partial charge in [-0.25, -0.2) is 0 Å². The molecule has 1 aromatic rings. The Morgan fingerprint density at radius 1 is 1.40 bits per heavy atom. The number of hydrogen-bond donors (Lipinski definition) is 2. The summed E-state index contributed by atoms with van der Waals surface area (Å²) in [5.74, 6) is 0. The first-order valence-electron chi connectivity index (χ1n) is 7.06. The van der Waals surface area contributed by atoms with Crippen LogP contribution in [-0.4, -0.2) is 42.6 Å². The number of aliphatic hydroxyl groups is 2. The summed E-state index contributed by atoms with van der Waals surface area (Å²) < 4.78 is 5.55. The zero-order chi connectivity index (χ0) is 14.5. The number of rotatable bonds is 5. The summed E-state index contributed by atoms with van der Waals surface area (Å²) in [7, 11) is 0. The molecule has 2 rings (SSSR count). The number of ether oxygens (including phenoxy) is 1. The van der Waals surface area contributed by atoms with Crippen LogP contribution in [0.2, 0.25) is 5.02 Å². The van der Waals surface area contributed by atoms with Crippen molar-refractivity contribution < 1.29 is 14.9 Å².